The van der Waals surface area contributed by atoms with Crippen molar-refractivity contribution in [1.82, 2.24) is 19.4 Å². The molecule has 3 N–H and O–H groups in total. The molecule has 0 bridgehead atoms. The fraction of sp³-hybridized carbons (Fsp3) is 0.500. The Hall–Kier alpha value is -2.41. The van der Waals surface area contributed by atoms with Crippen LogP contribution >= 0.6 is 0 Å². The molecule has 1 aliphatic rings. The number of amides is 1. The molecule has 1 unspecified atom stereocenters. The van der Waals surface area contributed by atoms with Gasteiger partial charge in [0.1, 0.15) is 12.4 Å². The average Bonchev–Trinajstić information content (AvgIpc) is 3.03. The highest BCUT2D eigenvalue weighted by atomic mass is 16.1. The van der Waals surface area contributed by atoms with Gasteiger partial charge in [0.05, 0.1) is 0 Å². The summed E-state index contributed by atoms with van der Waals surface area (Å²) in [6.45, 7) is 6.42. The molecule has 1 aliphatic heterocycles. The van der Waals surface area contributed by atoms with Crippen molar-refractivity contribution in [2.24, 2.45) is 5.73 Å². The van der Waals surface area contributed by atoms with Crippen LogP contribution in [0.3, 0.4) is 0 Å². The van der Waals surface area contributed by atoms with Crippen LogP contribution in [-0.4, -0.2) is 38.4 Å². The molecule has 0 saturated carbocycles. The maximum Gasteiger partial charge on any atom is 0.237 e. The van der Waals surface area contributed by atoms with Gasteiger partial charge in [-0.25, -0.2) is 4.98 Å². The monoisotopic (exact) mass is 343 g/mol. The van der Waals surface area contributed by atoms with Gasteiger partial charge >= 0.3 is 0 Å². The predicted octanol–water partition coefficient (Wildman–Crippen LogP) is 1.05. The van der Waals surface area contributed by atoms with Crippen molar-refractivity contribution < 1.29 is 4.79 Å². The Morgan fingerprint density at radius 2 is 2.24 bits per heavy atom. The Kier molecular flexibility index (Phi) is 5.03. The van der Waals surface area contributed by atoms with E-state index in [1.165, 1.54) is 0 Å². The lowest BCUT2D eigenvalue weighted by Gasteiger charge is -2.32. The Balaban J connectivity index is 1.74. The van der Waals surface area contributed by atoms with Crippen molar-refractivity contribution in [2.75, 3.05) is 13.1 Å². The lowest BCUT2D eigenvalue weighted by Crippen LogP contribution is -2.36. The summed E-state index contributed by atoms with van der Waals surface area (Å²) in [4.78, 5) is 33.4. The minimum absolute atomic E-state index is 0.110. The van der Waals surface area contributed by atoms with Crippen LogP contribution in [0.2, 0.25) is 0 Å². The molecular formula is C18H25N5O2. The summed E-state index contributed by atoms with van der Waals surface area (Å²) >= 11 is 0. The first-order valence-corrected chi connectivity index (χ1v) is 8.65. The third-order valence-corrected chi connectivity index (χ3v) is 4.94. The molecule has 134 valence electrons. The first-order chi connectivity index (χ1) is 12.0. The second-order valence-electron chi connectivity index (χ2n) is 6.86. The number of aromatic nitrogens is 3. The number of primary amides is 1. The molecule has 7 nitrogen and oxygen atoms in total. The van der Waals surface area contributed by atoms with Crippen LogP contribution in [0.4, 0.5) is 0 Å². The van der Waals surface area contributed by atoms with Gasteiger partial charge in [0.25, 0.3) is 0 Å². The van der Waals surface area contributed by atoms with Crippen LogP contribution < -0.4 is 11.2 Å². The van der Waals surface area contributed by atoms with Gasteiger partial charge in [0.15, 0.2) is 5.43 Å². The number of hydrogen-bond donors (Lipinski definition) is 2. The Bertz CT molecular complexity index is 823. The van der Waals surface area contributed by atoms with E-state index in [9.17, 15) is 9.59 Å². The number of carbonyl (C=O) groups excluding carboxylic acids is 1. The first kappa shape index (κ1) is 17.4. The number of nitrogens with two attached hydrogens (primary N) is 1. The number of nitrogens with one attached hydrogen (secondary N) is 1. The standard InChI is InChI=1S/C18H25N5O2/c1-12-8-21-15(13(2)17(12)25)10-22-6-3-4-14(9-22)18-20-5-7-23(18)11-16(19)24/h5,7-8,14H,3-4,6,9-11H2,1-2H3,(H2,19,24)(H,21,25). The number of nitrogens with zero attached hydrogens (tertiary/aromatic N) is 3. The fourth-order valence-corrected chi connectivity index (χ4v) is 3.58. The van der Waals surface area contributed by atoms with Crippen molar-refractivity contribution in [1.29, 1.82) is 0 Å². The highest BCUT2D eigenvalue weighted by molar-refractivity contribution is 5.73. The summed E-state index contributed by atoms with van der Waals surface area (Å²) in [7, 11) is 0. The topological polar surface area (TPSA) is 97.0 Å². The average molecular weight is 343 g/mol. The van der Waals surface area contributed by atoms with Gasteiger partial charge in [-0.05, 0) is 33.2 Å². The molecule has 7 heteroatoms. The molecule has 3 rings (SSSR count). The molecule has 0 aliphatic carbocycles. The van der Waals surface area contributed by atoms with E-state index in [4.69, 9.17) is 5.73 Å². The number of likely N-dealkylation sites (tertiary alicyclic amines) is 1. The summed E-state index contributed by atoms with van der Waals surface area (Å²) in [6, 6.07) is 0. The zero-order chi connectivity index (χ0) is 18.0. The molecule has 2 aromatic rings. The van der Waals surface area contributed by atoms with E-state index < -0.39 is 0 Å². The third-order valence-electron chi connectivity index (χ3n) is 4.94. The summed E-state index contributed by atoms with van der Waals surface area (Å²) in [5.41, 5.74) is 7.93. The van der Waals surface area contributed by atoms with E-state index in [1.54, 1.807) is 18.6 Å². The maximum absolute atomic E-state index is 12.1. The Labute approximate surface area is 146 Å². The van der Waals surface area contributed by atoms with E-state index in [0.717, 1.165) is 48.6 Å². The van der Waals surface area contributed by atoms with Crippen molar-refractivity contribution >= 4 is 5.91 Å². The van der Waals surface area contributed by atoms with Crippen molar-refractivity contribution in [3.63, 3.8) is 0 Å². The zero-order valence-electron chi connectivity index (χ0n) is 14.8. The van der Waals surface area contributed by atoms with Gasteiger partial charge in [-0.15, -0.1) is 0 Å². The molecule has 1 fully saturated rings. The molecule has 2 aromatic heterocycles. The number of imidazole rings is 1. The summed E-state index contributed by atoms with van der Waals surface area (Å²) in [6.07, 6.45) is 7.41. The number of piperidine rings is 1. The zero-order valence-corrected chi connectivity index (χ0v) is 14.8. The van der Waals surface area contributed by atoms with Crippen LogP contribution in [0.15, 0.2) is 23.4 Å². The van der Waals surface area contributed by atoms with Crippen molar-refractivity contribution in [2.45, 2.75) is 45.7 Å². The Morgan fingerprint density at radius 3 is 3.00 bits per heavy atom. The number of carbonyl (C=O) groups is 1. The third kappa shape index (κ3) is 3.82. The fourth-order valence-electron chi connectivity index (χ4n) is 3.58. The number of pyridine rings is 1. The molecule has 0 aromatic carbocycles. The van der Waals surface area contributed by atoms with E-state index in [2.05, 4.69) is 14.9 Å². The van der Waals surface area contributed by atoms with Gasteiger partial charge in [0, 0.05) is 54.4 Å². The van der Waals surface area contributed by atoms with Crippen LogP contribution in [-0.2, 0) is 17.9 Å². The largest absolute Gasteiger partial charge is 0.368 e. The molecule has 0 spiro atoms. The second-order valence-corrected chi connectivity index (χ2v) is 6.86. The molecule has 0 radical (unpaired) electrons. The molecule has 3 heterocycles. The van der Waals surface area contributed by atoms with E-state index in [1.807, 2.05) is 18.4 Å². The Morgan fingerprint density at radius 1 is 1.44 bits per heavy atom. The number of hydrogen-bond acceptors (Lipinski definition) is 4. The lowest BCUT2D eigenvalue weighted by atomic mass is 9.96. The molecule has 1 amide bonds. The normalized spacial score (nSPS) is 18.4. The van der Waals surface area contributed by atoms with Gasteiger partial charge in [-0.2, -0.15) is 0 Å². The SMILES string of the molecule is Cc1c[nH]c(CN2CCCC(c3nccn3CC(N)=O)C2)c(C)c1=O. The highest BCUT2D eigenvalue weighted by Crippen LogP contribution is 2.26. The van der Waals surface area contributed by atoms with Crippen LogP contribution in [0.1, 0.15) is 41.4 Å². The number of aryl methyl sites for hydroxylation is 1. The number of rotatable bonds is 5. The highest BCUT2D eigenvalue weighted by Gasteiger charge is 2.25. The molecule has 25 heavy (non-hydrogen) atoms. The van der Waals surface area contributed by atoms with Gasteiger partial charge in [0.2, 0.25) is 5.91 Å². The van der Waals surface area contributed by atoms with E-state index >= 15 is 0 Å². The minimum Gasteiger partial charge on any atom is -0.368 e. The van der Waals surface area contributed by atoms with E-state index in [0.29, 0.717) is 6.54 Å². The summed E-state index contributed by atoms with van der Waals surface area (Å²) < 4.78 is 1.84. The summed E-state index contributed by atoms with van der Waals surface area (Å²) in [5.74, 6) is 0.818. The maximum atomic E-state index is 12.1. The lowest BCUT2D eigenvalue weighted by molar-refractivity contribution is -0.118. The number of H-pyrrole nitrogens is 1. The molecule has 1 atom stereocenters. The first-order valence-electron chi connectivity index (χ1n) is 8.65. The summed E-state index contributed by atoms with van der Waals surface area (Å²) in [5, 5.41) is 0. The van der Waals surface area contributed by atoms with Gasteiger partial charge in [-0.3, -0.25) is 14.5 Å². The molecular weight excluding hydrogens is 318 g/mol. The van der Waals surface area contributed by atoms with Gasteiger partial charge in [-0.1, -0.05) is 0 Å². The number of aromatic amines is 1. The quantitative estimate of drug-likeness (QED) is 0.848. The van der Waals surface area contributed by atoms with Crippen molar-refractivity contribution in [3.05, 3.63) is 51.5 Å². The smallest absolute Gasteiger partial charge is 0.237 e. The minimum atomic E-state index is -0.361. The van der Waals surface area contributed by atoms with Crippen LogP contribution in [0, 0.1) is 13.8 Å². The van der Waals surface area contributed by atoms with Crippen LogP contribution in [0.25, 0.3) is 0 Å². The van der Waals surface area contributed by atoms with Gasteiger partial charge < -0.3 is 15.3 Å². The van der Waals surface area contributed by atoms with E-state index in [-0.39, 0.29) is 23.8 Å². The molecule has 1 saturated heterocycles. The predicted molar refractivity (Wildman–Crippen MR) is 95.2 cm³/mol. The van der Waals surface area contributed by atoms with Crippen LogP contribution in [0.5, 0.6) is 0 Å². The second kappa shape index (κ2) is 7.23. The van der Waals surface area contributed by atoms with Crippen molar-refractivity contribution in [3.8, 4) is 0 Å².